The Labute approximate surface area is 141 Å². The molecule has 1 aromatic carbocycles. The first-order valence-electron chi connectivity index (χ1n) is 7.46. The van der Waals surface area contributed by atoms with Gasteiger partial charge in [-0.3, -0.25) is 4.79 Å². The third-order valence-corrected chi connectivity index (χ3v) is 3.96. The smallest absolute Gasteiger partial charge is 0.326 e. The van der Waals surface area contributed by atoms with Crippen molar-refractivity contribution < 1.29 is 19.4 Å². The second-order valence-corrected chi connectivity index (χ2v) is 7.17. The van der Waals surface area contributed by atoms with E-state index in [2.05, 4.69) is 5.32 Å². The summed E-state index contributed by atoms with van der Waals surface area (Å²) < 4.78 is 5.54. The molecule has 1 aromatic rings. The van der Waals surface area contributed by atoms with Crippen molar-refractivity contribution in [2.75, 3.05) is 12.9 Å². The van der Waals surface area contributed by atoms with Gasteiger partial charge in [0.15, 0.2) is 0 Å². The molecule has 0 bridgehead atoms. The molecule has 1 rings (SSSR count). The van der Waals surface area contributed by atoms with E-state index in [1.165, 1.54) is 11.8 Å². The van der Waals surface area contributed by atoms with E-state index in [-0.39, 0.29) is 24.5 Å². The molecule has 6 heteroatoms. The van der Waals surface area contributed by atoms with Gasteiger partial charge in [-0.2, -0.15) is 0 Å². The number of carboxylic acids is 1. The summed E-state index contributed by atoms with van der Waals surface area (Å²) in [6, 6.07) is 4.60. The monoisotopic (exact) mass is 339 g/mol. The Morgan fingerprint density at radius 1 is 1.35 bits per heavy atom. The van der Waals surface area contributed by atoms with Gasteiger partial charge >= 0.3 is 5.97 Å². The number of thioether (sulfide) groups is 1. The largest absolute Gasteiger partial charge is 0.480 e. The van der Waals surface area contributed by atoms with E-state index < -0.39 is 12.0 Å². The summed E-state index contributed by atoms with van der Waals surface area (Å²) >= 11 is 1.53. The molecular formula is C17H25NO4S. The lowest BCUT2D eigenvalue weighted by Gasteiger charge is -2.21. The van der Waals surface area contributed by atoms with Crippen molar-refractivity contribution in [3.8, 4) is 0 Å². The zero-order chi connectivity index (χ0) is 17.6. The van der Waals surface area contributed by atoms with Crippen LogP contribution in [0.1, 0.15) is 43.1 Å². The molecule has 1 amide bonds. The molecule has 23 heavy (non-hydrogen) atoms. The Kier molecular flexibility index (Phi) is 7.09. The van der Waals surface area contributed by atoms with Crippen LogP contribution in [0.5, 0.6) is 0 Å². The van der Waals surface area contributed by atoms with Crippen molar-refractivity contribution >= 4 is 23.6 Å². The molecule has 0 radical (unpaired) electrons. The second-order valence-electron chi connectivity index (χ2n) is 6.29. The fourth-order valence-corrected chi connectivity index (χ4v) is 2.39. The lowest BCUT2D eigenvalue weighted by molar-refractivity contribution is -0.140. The number of hydrogen-bond donors (Lipinski definition) is 2. The van der Waals surface area contributed by atoms with Gasteiger partial charge in [-0.25, -0.2) is 4.79 Å². The van der Waals surface area contributed by atoms with E-state index >= 15 is 0 Å². The van der Waals surface area contributed by atoms with Crippen LogP contribution in [-0.4, -0.2) is 41.5 Å². The van der Waals surface area contributed by atoms with Gasteiger partial charge in [0.2, 0.25) is 0 Å². The molecule has 1 unspecified atom stereocenters. The number of aliphatic carboxylic acids is 1. The van der Waals surface area contributed by atoms with Gasteiger partial charge in [0, 0.05) is 23.5 Å². The molecule has 2 N–H and O–H groups in total. The molecular weight excluding hydrogens is 314 g/mol. The van der Waals surface area contributed by atoms with Crippen molar-refractivity contribution in [3.63, 3.8) is 0 Å². The third-order valence-electron chi connectivity index (χ3n) is 3.23. The van der Waals surface area contributed by atoms with Crippen LogP contribution in [0.2, 0.25) is 0 Å². The molecule has 0 aliphatic heterocycles. The lowest BCUT2D eigenvalue weighted by Crippen LogP contribution is -2.42. The standard InChI is InChI=1S/C17H25NO4S/c1-11-6-7-12(23-5)10-13(11)15(19)18-14(16(20)21)8-9-22-17(2,3)4/h6-7,10,14H,8-9H2,1-5H3,(H,18,19)(H,20,21). The predicted molar refractivity (Wildman–Crippen MR) is 92.2 cm³/mol. The molecule has 0 aliphatic rings. The number of carbonyl (C=O) groups is 2. The van der Waals surface area contributed by atoms with Gasteiger partial charge in [0.1, 0.15) is 6.04 Å². The normalized spacial score (nSPS) is 12.7. The van der Waals surface area contributed by atoms with Gasteiger partial charge in [-0.15, -0.1) is 11.8 Å². The minimum Gasteiger partial charge on any atom is -0.480 e. The van der Waals surface area contributed by atoms with E-state index in [0.29, 0.717) is 5.56 Å². The van der Waals surface area contributed by atoms with E-state index in [0.717, 1.165) is 10.5 Å². The van der Waals surface area contributed by atoms with Crippen molar-refractivity contribution in [3.05, 3.63) is 29.3 Å². The van der Waals surface area contributed by atoms with E-state index in [1.54, 1.807) is 6.07 Å². The van der Waals surface area contributed by atoms with Crippen LogP contribution in [0.15, 0.2) is 23.1 Å². The highest BCUT2D eigenvalue weighted by atomic mass is 32.2. The van der Waals surface area contributed by atoms with Crippen LogP contribution in [0.3, 0.4) is 0 Å². The summed E-state index contributed by atoms with van der Waals surface area (Å²) in [4.78, 5) is 24.7. The van der Waals surface area contributed by atoms with Crippen molar-refractivity contribution in [1.29, 1.82) is 0 Å². The predicted octanol–water partition coefficient (Wildman–Crippen LogP) is 3.11. The third kappa shape index (κ3) is 6.62. The Hall–Kier alpha value is -1.53. The summed E-state index contributed by atoms with van der Waals surface area (Å²) in [6.45, 7) is 7.80. The molecule has 0 saturated carbocycles. The van der Waals surface area contributed by atoms with Gasteiger partial charge in [-0.1, -0.05) is 6.07 Å². The minimum atomic E-state index is -1.06. The zero-order valence-electron chi connectivity index (χ0n) is 14.3. The number of nitrogens with one attached hydrogen (secondary N) is 1. The van der Waals surface area contributed by atoms with Crippen LogP contribution in [0.4, 0.5) is 0 Å². The average Bonchev–Trinajstić information content (AvgIpc) is 2.45. The second kappa shape index (κ2) is 8.36. The van der Waals surface area contributed by atoms with Crippen LogP contribution in [0, 0.1) is 6.92 Å². The van der Waals surface area contributed by atoms with Crippen LogP contribution in [0.25, 0.3) is 0 Å². The van der Waals surface area contributed by atoms with E-state index in [9.17, 15) is 14.7 Å². The number of hydrogen-bond acceptors (Lipinski definition) is 4. The summed E-state index contributed by atoms with van der Waals surface area (Å²) in [5.74, 6) is -1.43. The number of carboxylic acid groups (broad SMARTS) is 1. The summed E-state index contributed by atoms with van der Waals surface area (Å²) in [6.07, 6.45) is 2.15. The van der Waals surface area contributed by atoms with Crippen molar-refractivity contribution in [2.24, 2.45) is 0 Å². The van der Waals surface area contributed by atoms with Crippen molar-refractivity contribution in [2.45, 2.75) is 50.7 Å². The molecule has 0 aromatic heterocycles. The first-order valence-corrected chi connectivity index (χ1v) is 8.69. The van der Waals surface area contributed by atoms with Crippen LogP contribution >= 0.6 is 11.8 Å². The highest BCUT2D eigenvalue weighted by Gasteiger charge is 2.22. The molecule has 0 saturated heterocycles. The molecule has 128 valence electrons. The average molecular weight is 339 g/mol. The Bertz CT molecular complexity index is 566. The topological polar surface area (TPSA) is 75.6 Å². The van der Waals surface area contributed by atoms with Gasteiger partial charge in [0.25, 0.3) is 5.91 Å². The summed E-state index contributed by atoms with van der Waals surface area (Å²) in [5, 5.41) is 11.9. The number of aryl methyl sites for hydroxylation is 1. The maximum atomic E-state index is 12.4. The fraction of sp³-hybridized carbons (Fsp3) is 0.529. The number of ether oxygens (including phenoxy) is 1. The quantitative estimate of drug-likeness (QED) is 0.747. The number of rotatable bonds is 7. The lowest BCUT2D eigenvalue weighted by atomic mass is 10.1. The molecule has 5 nitrogen and oxygen atoms in total. The first-order chi connectivity index (χ1) is 10.6. The fourth-order valence-electron chi connectivity index (χ4n) is 1.95. The maximum absolute atomic E-state index is 12.4. The van der Waals surface area contributed by atoms with Gasteiger partial charge in [-0.05, 0) is 51.6 Å². The van der Waals surface area contributed by atoms with Crippen LogP contribution in [-0.2, 0) is 9.53 Å². The number of carbonyl (C=O) groups excluding carboxylic acids is 1. The highest BCUT2D eigenvalue weighted by molar-refractivity contribution is 7.98. The van der Waals surface area contributed by atoms with Gasteiger partial charge < -0.3 is 15.2 Å². The van der Waals surface area contributed by atoms with Crippen LogP contribution < -0.4 is 5.32 Å². The SMILES string of the molecule is CSc1ccc(C)c(C(=O)NC(CCOC(C)(C)C)C(=O)O)c1. The molecule has 0 spiro atoms. The molecule has 0 fully saturated rings. The van der Waals surface area contributed by atoms with Crippen molar-refractivity contribution in [1.82, 2.24) is 5.32 Å². The van der Waals surface area contributed by atoms with E-state index in [4.69, 9.17) is 4.74 Å². The van der Waals surface area contributed by atoms with E-state index in [1.807, 2.05) is 46.1 Å². The number of benzene rings is 1. The number of amides is 1. The molecule has 0 aliphatic carbocycles. The Morgan fingerprint density at radius 2 is 2.00 bits per heavy atom. The highest BCUT2D eigenvalue weighted by Crippen LogP contribution is 2.19. The summed E-state index contributed by atoms with van der Waals surface area (Å²) in [7, 11) is 0. The zero-order valence-corrected chi connectivity index (χ0v) is 15.1. The molecule has 1 atom stereocenters. The minimum absolute atomic E-state index is 0.222. The first kappa shape index (κ1) is 19.5. The molecule has 0 heterocycles. The Balaban J connectivity index is 2.76. The Morgan fingerprint density at radius 3 is 2.52 bits per heavy atom. The summed E-state index contributed by atoms with van der Waals surface area (Å²) in [5.41, 5.74) is 0.978. The maximum Gasteiger partial charge on any atom is 0.326 e. The van der Waals surface area contributed by atoms with Gasteiger partial charge in [0.05, 0.1) is 5.60 Å².